The van der Waals surface area contributed by atoms with Gasteiger partial charge in [0.1, 0.15) is 0 Å². The molecule has 3 nitrogen and oxygen atoms in total. The van der Waals surface area contributed by atoms with Crippen LogP contribution in [0.5, 0.6) is 0 Å². The van der Waals surface area contributed by atoms with Crippen LogP contribution in [0.4, 0.5) is 5.69 Å². The van der Waals surface area contributed by atoms with E-state index in [9.17, 15) is 4.79 Å². The maximum atomic E-state index is 11.0. The van der Waals surface area contributed by atoms with Gasteiger partial charge in [0.25, 0.3) is 0 Å². The monoisotopic (exact) mass is 248 g/mol. The summed E-state index contributed by atoms with van der Waals surface area (Å²) in [6.45, 7) is 5.76. The molecule has 0 heterocycles. The Morgan fingerprint density at radius 1 is 1.06 bits per heavy atom. The van der Waals surface area contributed by atoms with Crippen LogP contribution < -0.4 is 10.6 Å². The molecule has 0 saturated carbocycles. The molecule has 1 amide bonds. The van der Waals surface area contributed by atoms with Gasteiger partial charge in [0.05, 0.1) is 0 Å². The lowest BCUT2D eigenvalue weighted by Crippen LogP contribution is -2.23. The molecule has 18 heavy (non-hydrogen) atoms. The van der Waals surface area contributed by atoms with Gasteiger partial charge in [-0.2, -0.15) is 0 Å². The highest BCUT2D eigenvalue weighted by atomic mass is 16.1. The fraction of sp³-hybridized carbons (Fsp3) is 0.533. The summed E-state index contributed by atoms with van der Waals surface area (Å²) in [7, 11) is 0. The van der Waals surface area contributed by atoms with E-state index >= 15 is 0 Å². The van der Waals surface area contributed by atoms with Gasteiger partial charge in [0.2, 0.25) is 5.91 Å². The molecule has 1 aromatic carbocycles. The number of carbonyl (C=O) groups is 1. The van der Waals surface area contributed by atoms with Gasteiger partial charge in [-0.25, -0.2) is 0 Å². The number of anilines is 1. The second-order valence-corrected chi connectivity index (χ2v) is 4.56. The van der Waals surface area contributed by atoms with Gasteiger partial charge < -0.3 is 10.6 Å². The van der Waals surface area contributed by atoms with Crippen molar-refractivity contribution in [1.29, 1.82) is 0 Å². The second-order valence-electron chi connectivity index (χ2n) is 4.56. The van der Waals surface area contributed by atoms with Crippen LogP contribution in [-0.2, 0) is 4.79 Å². The Hall–Kier alpha value is -1.51. The molecule has 0 spiro atoms. The summed E-state index contributed by atoms with van der Waals surface area (Å²) in [5.74, 6) is 0.146. The van der Waals surface area contributed by atoms with Gasteiger partial charge in [0.15, 0.2) is 0 Å². The Bertz CT molecular complexity index is 346. The largest absolute Gasteiger partial charge is 0.385 e. The first-order valence-electron chi connectivity index (χ1n) is 6.79. The first-order chi connectivity index (χ1) is 8.72. The van der Waals surface area contributed by atoms with E-state index in [1.807, 2.05) is 6.92 Å². The highest BCUT2D eigenvalue weighted by molar-refractivity contribution is 5.75. The van der Waals surface area contributed by atoms with Crippen molar-refractivity contribution in [2.75, 3.05) is 18.4 Å². The van der Waals surface area contributed by atoms with Crippen molar-refractivity contribution in [3.05, 3.63) is 29.8 Å². The molecule has 0 fully saturated rings. The van der Waals surface area contributed by atoms with E-state index < -0.39 is 0 Å². The SMILES string of the molecule is CCC(=O)NCCCCCNc1ccc(C)cc1. The highest BCUT2D eigenvalue weighted by Crippen LogP contribution is 2.08. The number of nitrogens with one attached hydrogen (secondary N) is 2. The summed E-state index contributed by atoms with van der Waals surface area (Å²) >= 11 is 0. The van der Waals surface area contributed by atoms with Crippen LogP contribution in [0.2, 0.25) is 0 Å². The molecule has 0 saturated heterocycles. The Kier molecular flexibility index (Phi) is 6.92. The van der Waals surface area contributed by atoms with Gasteiger partial charge >= 0.3 is 0 Å². The average molecular weight is 248 g/mol. The number of benzene rings is 1. The van der Waals surface area contributed by atoms with Crippen LogP contribution in [-0.4, -0.2) is 19.0 Å². The molecule has 0 radical (unpaired) electrons. The van der Waals surface area contributed by atoms with Crippen LogP contribution >= 0.6 is 0 Å². The normalized spacial score (nSPS) is 10.1. The molecule has 0 aliphatic heterocycles. The number of unbranched alkanes of at least 4 members (excludes halogenated alkanes) is 2. The third-order valence-electron chi connectivity index (χ3n) is 2.88. The number of rotatable bonds is 8. The van der Waals surface area contributed by atoms with E-state index in [4.69, 9.17) is 0 Å². The molecule has 100 valence electrons. The zero-order chi connectivity index (χ0) is 13.2. The Morgan fingerprint density at radius 3 is 2.39 bits per heavy atom. The van der Waals surface area contributed by atoms with Crippen molar-refractivity contribution in [3.63, 3.8) is 0 Å². The van der Waals surface area contributed by atoms with E-state index in [1.54, 1.807) is 0 Å². The average Bonchev–Trinajstić information content (AvgIpc) is 2.39. The van der Waals surface area contributed by atoms with Crippen LogP contribution in [0.15, 0.2) is 24.3 Å². The topological polar surface area (TPSA) is 41.1 Å². The van der Waals surface area contributed by atoms with Gasteiger partial charge in [-0.3, -0.25) is 4.79 Å². The summed E-state index contributed by atoms with van der Waals surface area (Å²) in [4.78, 5) is 11.0. The Morgan fingerprint density at radius 2 is 1.72 bits per heavy atom. The Labute approximate surface area is 110 Å². The molecular formula is C15H24N2O. The molecule has 0 aliphatic carbocycles. The van der Waals surface area contributed by atoms with Gasteiger partial charge in [-0.05, 0) is 38.3 Å². The summed E-state index contributed by atoms with van der Waals surface area (Å²) in [5, 5.41) is 6.28. The molecular weight excluding hydrogens is 224 g/mol. The van der Waals surface area contributed by atoms with Crippen molar-refractivity contribution in [3.8, 4) is 0 Å². The highest BCUT2D eigenvalue weighted by Gasteiger charge is 1.95. The number of hydrogen-bond donors (Lipinski definition) is 2. The quantitative estimate of drug-likeness (QED) is 0.694. The number of aryl methyl sites for hydroxylation is 1. The number of hydrogen-bond acceptors (Lipinski definition) is 2. The maximum Gasteiger partial charge on any atom is 0.219 e. The van der Waals surface area contributed by atoms with Crippen LogP contribution in [0.1, 0.15) is 38.2 Å². The van der Waals surface area contributed by atoms with Crippen LogP contribution in [0.3, 0.4) is 0 Å². The lowest BCUT2D eigenvalue weighted by molar-refractivity contribution is -0.120. The first-order valence-corrected chi connectivity index (χ1v) is 6.79. The fourth-order valence-corrected chi connectivity index (χ4v) is 1.68. The van der Waals surface area contributed by atoms with E-state index in [1.165, 1.54) is 11.3 Å². The lowest BCUT2D eigenvalue weighted by atomic mass is 10.2. The van der Waals surface area contributed by atoms with Crippen molar-refractivity contribution in [2.24, 2.45) is 0 Å². The third kappa shape index (κ3) is 6.28. The maximum absolute atomic E-state index is 11.0. The summed E-state index contributed by atoms with van der Waals surface area (Å²) in [6.07, 6.45) is 3.91. The fourth-order valence-electron chi connectivity index (χ4n) is 1.68. The van der Waals surface area contributed by atoms with Crippen molar-refractivity contribution in [1.82, 2.24) is 5.32 Å². The molecule has 0 unspecified atom stereocenters. The van der Waals surface area contributed by atoms with Crippen molar-refractivity contribution >= 4 is 11.6 Å². The molecule has 0 aromatic heterocycles. The summed E-state index contributed by atoms with van der Waals surface area (Å²) in [5.41, 5.74) is 2.46. The van der Waals surface area contributed by atoms with Crippen LogP contribution in [0.25, 0.3) is 0 Å². The molecule has 2 N–H and O–H groups in total. The van der Waals surface area contributed by atoms with E-state index in [0.717, 1.165) is 32.4 Å². The molecule has 1 rings (SSSR count). The minimum Gasteiger partial charge on any atom is -0.385 e. The number of amides is 1. The molecule has 0 atom stereocenters. The summed E-state index contributed by atoms with van der Waals surface area (Å²) in [6, 6.07) is 8.44. The molecule has 1 aromatic rings. The third-order valence-corrected chi connectivity index (χ3v) is 2.88. The van der Waals surface area contributed by atoms with E-state index in [2.05, 4.69) is 41.8 Å². The van der Waals surface area contributed by atoms with E-state index in [0.29, 0.717) is 6.42 Å². The predicted octanol–water partition coefficient (Wildman–Crippen LogP) is 3.10. The predicted molar refractivity (Wildman–Crippen MR) is 76.8 cm³/mol. The van der Waals surface area contributed by atoms with Crippen LogP contribution in [0, 0.1) is 6.92 Å². The van der Waals surface area contributed by atoms with Gasteiger partial charge in [-0.15, -0.1) is 0 Å². The first kappa shape index (κ1) is 14.6. The molecule has 0 bridgehead atoms. The zero-order valence-electron chi connectivity index (χ0n) is 11.5. The standard InChI is InChI=1S/C15H24N2O/c1-3-15(18)17-12-6-4-5-11-16-14-9-7-13(2)8-10-14/h7-10,16H,3-6,11-12H2,1-2H3,(H,17,18). The molecule has 0 aliphatic rings. The van der Waals surface area contributed by atoms with E-state index in [-0.39, 0.29) is 5.91 Å². The lowest BCUT2D eigenvalue weighted by Gasteiger charge is -2.07. The minimum atomic E-state index is 0.146. The minimum absolute atomic E-state index is 0.146. The zero-order valence-corrected chi connectivity index (χ0v) is 11.5. The van der Waals surface area contributed by atoms with Crippen molar-refractivity contribution < 1.29 is 4.79 Å². The number of carbonyl (C=O) groups excluding carboxylic acids is 1. The summed E-state index contributed by atoms with van der Waals surface area (Å²) < 4.78 is 0. The second kappa shape index (κ2) is 8.56. The van der Waals surface area contributed by atoms with Gasteiger partial charge in [-0.1, -0.05) is 24.6 Å². The Balaban J connectivity index is 1.99. The smallest absolute Gasteiger partial charge is 0.219 e. The van der Waals surface area contributed by atoms with Crippen molar-refractivity contribution in [2.45, 2.75) is 39.5 Å². The molecule has 3 heteroatoms. The van der Waals surface area contributed by atoms with Gasteiger partial charge in [0, 0.05) is 25.2 Å².